The third-order valence-electron chi connectivity index (χ3n) is 5.59. The maximum absolute atomic E-state index is 13.6. The van der Waals surface area contributed by atoms with Gasteiger partial charge in [0, 0.05) is 36.9 Å². The van der Waals surface area contributed by atoms with E-state index in [1.165, 1.54) is 12.1 Å². The van der Waals surface area contributed by atoms with E-state index in [9.17, 15) is 9.18 Å². The standard InChI is InChI=1S/C25H24FN5O2S/c26-20-6-8-22(9-7-20)31(15-21-17-34-25(28-21)30-10-12-33-13-11-30)24(32)23-16-29(18-27-23)14-19-4-2-1-3-5-19/h1-9,16-18H,10-15H2. The van der Waals surface area contributed by atoms with Crippen molar-refractivity contribution in [2.75, 3.05) is 36.1 Å². The van der Waals surface area contributed by atoms with Crippen LogP contribution in [0.5, 0.6) is 0 Å². The van der Waals surface area contributed by atoms with E-state index in [1.54, 1.807) is 40.9 Å². The number of anilines is 2. The van der Waals surface area contributed by atoms with Crippen LogP contribution >= 0.6 is 11.3 Å². The molecule has 0 atom stereocenters. The van der Waals surface area contributed by atoms with Gasteiger partial charge in [0.25, 0.3) is 5.91 Å². The number of hydrogen-bond donors (Lipinski definition) is 0. The van der Waals surface area contributed by atoms with E-state index in [2.05, 4.69) is 9.88 Å². The van der Waals surface area contributed by atoms with Crippen molar-refractivity contribution in [2.24, 2.45) is 0 Å². The molecule has 174 valence electrons. The van der Waals surface area contributed by atoms with Crippen LogP contribution in [0, 0.1) is 5.82 Å². The second-order valence-electron chi connectivity index (χ2n) is 8.01. The Morgan fingerprint density at radius 1 is 1.09 bits per heavy atom. The van der Waals surface area contributed by atoms with Gasteiger partial charge in [0.05, 0.1) is 31.8 Å². The predicted molar refractivity (Wildman–Crippen MR) is 130 cm³/mol. The van der Waals surface area contributed by atoms with E-state index in [0.29, 0.717) is 31.1 Å². The van der Waals surface area contributed by atoms with Crippen molar-refractivity contribution in [2.45, 2.75) is 13.1 Å². The average Bonchev–Trinajstić information content (AvgIpc) is 3.54. The summed E-state index contributed by atoms with van der Waals surface area (Å²) in [5, 5.41) is 2.87. The number of carbonyl (C=O) groups excluding carboxylic acids is 1. The molecular formula is C25H24FN5O2S. The van der Waals surface area contributed by atoms with E-state index in [-0.39, 0.29) is 18.3 Å². The maximum Gasteiger partial charge on any atom is 0.278 e. The third-order valence-corrected chi connectivity index (χ3v) is 6.54. The summed E-state index contributed by atoms with van der Waals surface area (Å²) in [6.07, 6.45) is 3.40. The second-order valence-corrected chi connectivity index (χ2v) is 8.84. The van der Waals surface area contributed by atoms with Crippen molar-refractivity contribution in [3.63, 3.8) is 0 Å². The smallest absolute Gasteiger partial charge is 0.278 e. The zero-order valence-corrected chi connectivity index (χ0v) is 19.3. The Morgan fingerprint density at radius 3 is 2.62 bits per heavy atom. The number of benzene rings is 2. The van der Waals surface area contributed by atoms with Crippen LogP contribution in [0.25, 0.3) is 0 Å². The van der Waals surface area contributed by atoms with E-state index < -0.39 is 0 Å². The number of imidazole rings is 1. The SMILES string of the molecule is O=C(c1cn(Cc2ccccc2)cn1)N(Cc1csc(N2CCOCC2)n1)c1ccc(F)cc1. The molecule has 34 heavy (non-hydrogen) atoms. The molecule has 4 aromatic rings. The Kier molecular flexibility index (Phi) is 6.64. The van der Waals surface area contributed by atoms with Crippen molar-refractivity contribution in [1.82, 2.24) is 14.5 Å². The summed E-state index contributed by atoms with van der Waals surface area (Å²) in [4.78, 5) is 26.4. The van der Waals surface area contributed by atoms with Gasteiger partial charge in [0.2, 0.25) is 0 Å². The first kappa shape index (κ1) is 22.2. The van der Waals surface area contributed by atoms with Crippen molar-refractivity contribution < 1.29 is 13.9 Å². The van der Waals surface area contributed by atoms with E-state index in [1.807, 2.05) is 40.3 Å². The Labute approximate surface area is 201 Å². The molecule has 0 radical (unpaired) electrons. The number of morpholine rings is 1. The average molecular weight is 478 g/mol. The first-order valence-corrected chi connectivity index (χ1v) is 11.9. The maximum atomic E-state index is 13.6. The number of hydrogen-bond acceptors (Lipinski definition) is 6. The van der Waals surface area contributed by atoms with Gasteiger partial charge >= 0.3 is 0 Å². The Balaban J connectivity index is 1.37. The Hall–Kier alpha value is -3.56. The highest BCUT2D eigenvalue weighted by Gasteiger charge is 2.23. The molecule has 0 bridgehead atoms. The molecule has 2 aromatic carbocycles. The molecule has 0 spiro atoms. The fourth-order valence-electron chi connectivity index (χ4n) is 3.82. The number of amides is 1. The molecule has 7 nitrogen and oxygen atoms in total. The lowest BCUT2D eigenvalue weighted by Crippen LogP contribution is -2.36. The number of aromatic nitrogens is 3. The van der Waals surface area contributed by atoms with Crippen LogP contribution in [0.2, 0.25) is 0 Å². The summed E-state index contributed by atoms with van der Waals surface area (Å²) in [5.41, 5.74) is 2.80. The summed E-state index contributed by atoms with van der Waals surface area (Å²) >= 11 is 1.55. The number of nitrogens with zero attached hydrogens (tertiary/aromatic N) is 5. The molecule has 0 N–H and O–H groups in total. The molecule has 5 rings (SSSR count). The monoisotopic (exact) mass is 477 g/mol. The van der Waals surface area contributed by atoms with E-state index >= 15 is 0 Å². The van der Waals surface area contributed by atoms with Gasteiger partial charge in [0.1, 0.15) is 11.5 Å². The fourth-order valence-corrected chi connectivity index (χ4v) is 4.69. The lowest BCUT2D eigenvalue weighted by atomic mass is 10.2. The molecule has 1 fully saturated rings. The predicted octanol–water partition coefficient (Wildman–Crippen LogP) is 4.21. The van der Waals surface area contributed by atoms with E-state index in [4.69, 9.17) is 9.72 Å². The van der Waals surface area contributed by atoms with Crippen molar-refractivity contribution in [3.05, 3.63) is 95.3 Å². The van der Waals surface area contributed by atoms with Crippen LogP contribution in [-0.4, -0.2) is 46.7 Å². The number of rotatable bonds is 7. The lowest BCUT2D eigenvalue weighted by molar-refractivity contribution is 0.0980. The number of halogens is 1. The summed E-state index contributed by atoms with van der Waals surface area (Å²) in [6.45, 7) is 3.84. The van der Waals surface area contributed by atoms with Gasteiger partial charge < -0.3 is 19.1 Å². The molecule has 0 unspecified atom stereocenters. The van der Waals surface area contributed by atoms with Crippen molar-refractivity contribution in [1.29, 1.82) is 0 Å². The highest BCUT2D eigenvalue weighted by Crippen LogP contribution is 2.25. The topological polar surface area (TPSA) is 63.5 Å². The fraction of sp³-hybridized carbons (Fsp3) is 0.240. The van der Waals surface area contributed by atoms with Gasteiger partial charge in [-0.3, -0.25) is 4.79 Å². The van der Waals surface area contributed by atoms with Gasteiger partial charge in [-0.25, -0.2) is 14.4 Å². The molecule has 1 aliphatic rings. The molecule has 0 aliphatic carbocycles. The zero-order valence-electron chi connectivity index (χ0n) is 18.5. The van der Waals surface area contributed by atoms with Crippen molar-refractivity contribution in [3.8, 4) is 0 Å². The number of thiazole rings is 1. The van der Waals surface area contributed by atoms with Gasteiger partial charge in [0.15, 0.2) is 5.13 Å². The quantitative estimate of drug-likeness (QED) is 0.399. The largest absolute Gasteiger partial charge is 0.378 e. The minimum absolute atomic E-state index is 0.261. The van der Waals surface area contributed by atoms with Crippen LogP contribution in [0.1, 0.15) is 21.7 Å². The van der Waals surface area contributed by atoms with Crippen LogP contribution in [0.15, 0.2) is 72.5 Å². The first-order chi connectivity index (χ1) is 16.7. The summed E-state index contributed by atoms with van der Waals surface area (Å²) in [5.74, 6) is -0.620. The third kappa shape index (κ3) is 5.16. The van der Waals surface area contributed by atoms with Gasteiger partial charge in [-0.05, 0) is 29.8 Å². The summed E-state index contributed by atoms with van der Waals surface area (Å²) in [7, 11) is 0. The summed E-state index contributed by atoms with van der Waals surface area (Å²) in [6, 6.07) is 15.9. The normalized spacial score (nSPS) is 13.7. The van der Waals surface area contributed by atoms with Crippen LogP contribution < -0.4 is 9.80 Å². The van der Waals surface area contributed by atoms with Crippen LogP contribution in [0.3, 0.4) is 0 Å². The molecular weight excluding hydrogens is 453 g/mol. The molecule has 1 saturated heterocycles. The van der Waals surface area contributed by atoms with Gasteiger partial charge in [-0.2, -0.15) is 0 Å². The molecule has 2 aromatic heterocycles. The highest BCUT2D eigenvalue weighted by molar-refractivity contribution is 7.13. The van der Waals surface area contributed by atoms with Crippen LogP contribution in [0.4, 0.5) is 15.2 Å². The second kappa shape index (κ2) is 10.1. The first-order valence-electron chi connectivity index (χ1n) is 11.1. The van der Waals surface area contributed by atoms with Gasteiger partial charge in [-0.15, -0.1) is 11.3 Å². The van der Waals surface area contributed by atoms with Gasteiger partial charge in [-0.1, -0.05) is 30.3 Å². The van der Waals surface area contributed by atoms with E-state index in [0.717, 1.165) is 29.5 Å². The van der Waals surface area contributed by atoms with Crippen LogP contribution in [-0.2, 0) is 17.8 Å². The number of ether oxygens (including phenoxy) is 1. The zero-order chi connectivity index (χ0) is 23.3. The molecule has 1 amide bonds. The highest BCUT2D eigenvalue weighted by atomic mass is 32.1. The molecule has 3 heterocycles. The minimum atomic E-state index is -0.355. The Morgan fingerprint density at radius 2 is 1.85 bits per heavy atom. The Bertz CT molecular complexity index is 1240. The lowest BCUT2D eigenvalue weighted by Gasteiger charge is -2.26. The van der Waals surface area contributed by atoms with Crippen molar-refractivity contribution >= 4 is 28.1 Å². The summed E-state index contributed by atoms with van der Waals surface area (Å²) < 4.78 is 20.9. The molecule has 1 aliphatic heterocycles. The minimum Gasteiger partial charge on any atom is -0.378 e. The number of carbonyl (C=O) groups is 1. The molecule has 0 saturated carbocycles. The molecule has 9 heteroatoms.